The maximum Gasteiger partial charge on any atom is 0.295 e. The summed E-state index contributed by atoms with van der Waals surface area (Å²) in [5.41, 5.74) is 2.25. The summed E-state index contributed by atoms with van der Waals surface area (Å²) in [6, 6.07) is 19.8. The van der Waals surface area contributed by atoms with E-state index in [2.05, 4.69) is 9.88 Å². The van der Waals surface area contributed by atoms with Crippen LogP contribution in [0.4, 0.5) is 0 Å². The van der Waals surface area contributed by atoms with Gasteiger partial charge < -0.3 is 19.5 Å². The van der Waals surface area contributed by atoms with Gasteiger partial charge in [0.25, 0.3) is 11.7 Å². The van der Waals surface area contributed by atoms with E-state index in [1.807, 2.05) is 54.6 Å². The molecule has 2 aromatic carbocycles. The summed E-state index contributed by atoms with van der Waals surface area (Å²) in [6.07, 6.45) is 3.78. The van der Waals surface area contributed by atoms with Gasteiger partial charge >= 0.3 is 0 Å². The van der Waals surface area contributed by atoms with E-state index < -0.39 is 17.7 Å². The largest absolute Gasteiger partial charge is 0.507 e. The summed E-state index contributed by atoms with van der Waals surface area (Å²) >= 11 is 0. The van der Waals surface area contributed by atoms with E-state index in [4.69, 9.17) is 9.47 Å². The van der Waals surface area contributed by atoms with Gasteiger partial charge in [-0.05, 0) is 41.8 Å². The van der Waals surface area contributed by atoms with Crippen LogP contribution in [0.1, 0.15) is 29.2 Å². The fourth-order valence-electron chi connectivity index (χ4n) is 4.93. The molecule has 0 bridgehead atoms. The molecule has 1 amide bonds. The molecule has 1 atom stereocenters. The Morgan fingerprint density at radius 1 is 0.974 bits per heavy atom. The van der Waals surface area contributed by atoms with Gasteiger partial charge in [0.2, 0.25) is 0 Å². The van der Waals surface area contributed by atoms with Crippen LogP contribution < -0.4 is 4.74 Å². The molecule has 0 radical (unpaired) electrons. The number of pyridine rings is 1. The highest BCUT2D eigenvalue weighted by molar-refractivity contribution is 6.46. The maximum atomic E-state index is 13.3. The Labute approximate surface area is 222 Å². The minimum Gasteiger partial charge on any atom is -0.507 e. The van der Waals surface area contributed by atoms with Gasteiger partial charge in [-0.25, -0.2) is 0 Å². The molecular weight excluding hydrogens is 482 g/mol. The van der Waals surface area contributed by atoms with Crippen LogP contribution in [0, 0.1) is 0 Å². The van der Waals surface area contributed by atoms with Crippen molar-refractivity contribution in [3.8, 4) is 5.75 Å². The summed E-state index contributed by atoms with van der Waals surface area (Å²) < 4.78 is 11.5. The summed E-state index contributed by atoms with van der Waals surface area (Å²) in [5.74, 6) is -0.884. The molecule has 1 aromatic heterocycles. The van der Waals surface area contributed by atoms with Crippen LogP contribution in [0.15, 0.2) is 84.7 Å². The topological polar surface area (TPSA) is 92.2 Å². The number of benzene rings is 2. The van der Waals surface area contributed by atoms with Crippen molar-refractivity contribution in [2.24, 2.45) is 0 Å². The minimum absolute atomic E-state index is 0.0766. The van der Waals surface area contributed by atoms with Gasteiger partial charge in [0, 0.05) is 44.1 Å². The van der Waals surface area contributed by atoms with Crippen molar-refractivity contribution in [1.82, 2.24) is 14.8 Å². The molecule has 1 unspecified atom stereocenters. The van der Waals surface area contributed by atoms with Crippen molar-refractivity contribution in [2.45, 2.75) is 19.1 Å². The number of aliphatic hydroxyl groups is 1. The molecular formula is C30H31N3O5. The number of likely N-dealkylation sites (tertiary alicyclic amines) is 1. The van der Waals surface area contributed by atoms with Crippen molar-refractivity contribution in [2.75, 3.05) is 39.4 Å². The lowest BCUT2D eigenvalue weighted by molar-refractivity contribution is -0.140. The third-order valence-corrected chi connectivity index (χ3v) is 6.89. The van der Waals surface area contributed by atoms with Gasteiger partial charge in [-0.3, -0.25) is 19.5 Å². The predicted octanol–water partition coefficient (Wildman–Crippen LogP) is 3.80. The summed E-state index contributed by atoms with van der Waals surface area (Å²) in [7, 11) is 0. The standard InChI is InChI=1S/C30H31N3O5/c34-28(23-10-12-31-13-11-23)26-27(24-8-4-9-25(20-24)38-21-22-6-2-1-3-7-22)33(30(36)29(26)35)15-5-14-32-16-18-37-19-17-32/h1-4,6-13,20,27,34H,5,14-19,21H2. The van der Waals surface area contributed by atoms with E-state index in [1.165, 1.54) is 0 Å². The van der Waals surface area contributed by atoms with Crippen LogP contribution >= 0.6 is 0 Å². The predicted molar refractivity (Wildman–Crippen MR) is 142 cm³/mol. The Kier molecular flexibility index (Phi) is 8.11. The molecule has 2 saturated heterocycles. The second kappa shape index (κ2) is 12.0. The van der Waals surface area contributed by atoms with Crippen LogP contribution in [-0.2, 0) is 20.9 Å². The van der Waals surface area contributed by atoms with Crippen molar-refractivity contribution >= 4 is 17.4 Å². The number of hydrogen-bond donors (Lipinski definition) is 1. The number of ketones is 1. The SMILES string of the molecule is O=C1C(=O)N(CCCN2CCOCC2)C(c2cccc(OCc3ccccc3)c2)C1=C(O)c1ccncc1. The molecule has 2 fully saturated rings. The van der Waals surface area contributed by atoms with Gasteiger partial charge in [-0.1, -0.05) is 42.5 Å². The average Bonchev–Trinajstić information content (AvgIpc) is 3.22. The number of aromatic nitrogens is 1. The Bertz CT molecular complexity index is 1290. The van der Waals surface area contributed by atoms with Gasteiger partial charge in [-0.15, -0.1) is 0 Å². The lowest BCUT2D eigenvalue weighted by atomic mass is 9.95. The zero-order valence-corrected chi connectivity index (χ0v) is 21.2. The Morgan fingerprint density at radius 3 is 2.50 bits per heavy atom. The Balaban J connectivity index is 1.44. The van der Waals surface area contributed by atoms with Gasteiger partial charge in [0.05, 0.1) is 24.8 Å². The molecule has 0 spiro atoms. The molecule has 0 aliphatic carbocycles. The highest BCUT2D eigenvalue weighted by Crippen LogP contribution is 2.40. The number of carbonyl (C=O) groups excluding carboxylic acids is 2. The quantitative estimate of drug-likeness (QED) is 0.264. The van der Waals surface area contributed by atoms with E-state index >= 15 is 0 Å². The third kappa shape index (κ3) is 5.77. The van der Waals surface area contributed by atoms with E-state index in [0.717, 1.165) is 25.2 Å². The fourth-order valence-corrected chi connectivity index (χ4v) is 4.93. The lowest BCUT2D eigenvalue weighted by Gasteiger charge is -2.29. The molecule has 1 N–H and O–H groups in total. The van der Waals surface area contributed by atoms with Crippen LogP contribution in [0.3, 0.4) is 0 Å². The van der Waals surface area contributed by atoms with Crippen LogP contribution in [0.2, 0.25) is 0 Å². The second-order valence-electron chi connectivity index (χ2n) is 9.38. The van der Waals surface area contributed by atoms with Crippen LogP contribution in [-0.4, -0.2) is 71.0 Å². The summed E-state index contributed by atoms with van der Waals surface area (Å²) in [4.78, 5) is 34.4. The monoisotopic (exact) mass is 513 g/mol. The van der Waals surface area contributed by atoms with E-state index in [1.54, 1.807) is 29.4 Å². The number of ether oxygens (including phenoxy) is 2. The number of hydrogen-bond acceptors (Lipinski definition) is 7. The molecule has 8 nitrogen and oxygen atoms in total. The Hall–Kier alpha value is -4.01. The molecule has 196 valence electrons. The number of aliphatic hydroxyl groups excluding tert-OH is 1. The molecule has 2 aliphatic heterocycles. The van der Waals surface area contributed by atoms with Crippen molar-refractivity contribution in [3.63, 3.8) is 0 Å². The first-order valence-corrected chi connectivity index (χ1v) is 12.9. The first-order chi connectivity index (χ1) is 18.6. The number of carbonyl (C=O) groups is 2. The number of amides is 1. The molecule has 5 rings (SSSR count). The van der Waals surface area contributed by atoms with Crippen LogP contribution in [0.25, 0.3) is 5.76 Å². The highest BCUT2D eigenvalue weighted by atomic mass is 16.5. The number of rotatable bonds is 9. The lowest BCUT2D eigenvalue weighted by Crippen LogP contribution is -2.38. The molecule has 3 heterocycles. The number of nitrogens with zero attached hydrogens (tertiary/aromatic N) is 3. The van der Waals surface area contributed by atoms with E-state index in [9.17, 15) is 14.7 Å². The zero-order valence-electron chi connectivity index (χ0n) is 21.2. The molecule has 2 aliphatic rings. The van der Waals surface area contributed by atoms with E-state index in [-0.39, 0.29) is 11.3 Å². The number of Topliss-reactive ketones (excluding diaryl/α,β-unsaturated/α-hetero) is 1. The maximum absolute atomic E-state index is 13.3. The number of morpholine rings is 1. The van der Waals surface area contributed by atoms with Gasteiger partial charge in [-0.2, -0.15) is 0 Å². The normalized spacial score (nSPS) is 19.6. The molecule has 3 aromatic rings. The third-order valence-electron chi connectivity index (χ3n) is 6.89. The minimum atomic E-state index is -0.729. The fraction of sp³-hybridized carbons (Fsp3) is 0.300. The first kappa shape index (κ1) is 25.6. The van der Waals surface area contributed by atoms with Crippen LogP contribution in [0.5, 0.6) is 5.75 Å². The smallest absolute Gasteiger partial charge is 0.295 e. The van der Waals surface area contributed by atoms with Crippen molar-refractivity contribution in [3.05, 3.63) is 101 Å². The first-order valence-electron chi connectivity index (χ1n) is 12.9. The zero-order chi connectivity index (χ0) is 26.3. The summed E-state index contributed by atoms with van der Waals surface area (Å²) in [6.45, 7) is 4.67. The van der Waals surface area contributed by atoms with Gasteiger partial charge in [0.15, 0.2) is 0 Å². The molecule has 38 heavy (non-hydrogen) atoms. The van der Waals surface area contributed by atoms with E-state index in [0.29, 0.717) is 49.7 Å². The second-order valence-corrected chi connectivity index (χ2v) is 9.38. The van der Waals surface area contributed by atoms with Crippen molar-refractivity contribution in [1.29, 1.82) is 0 Å². The Morgan fingerprint density at radius 2 is 1.74 bits per heavy atom. The summed E-state index contributed by atoms with van der Waals surface area (Å²) in [5, 5.41) is 11.2. The average molecular weight is 514 g/mol. The van der Waals surface area contributed by atoms with Gasteiger partial charge in [0.1, 0.15) is 18.1 Å². The molecule has 8 heteroatoms. The van der Waals surface area contributed by atoms with Crippen molar-refractivity contribution < 1.29 is 24.2 Å². The highest BCUT2D eigenvalue weighted by Gasteiger charge is 2.46. The molecule has 0 saturated carbocycles.